The predicted octanol–water partition coefficient (Wildman–Crippen LogP) is 2.00. The summed E-state index contributed by atoms with van der Waals surface area (Å²) in [6.45, 7) is 7.28. The monoisotopic (exact) mass is 181 g/mol. The van der Waals surface area contributed by atoms with Crippen LogP contribution in [-0.4, -0.2) is 16.0 Å². The molecule has 0 aliphatic rings. The lowest BCUT2D eigenvalue weighted by Crippen LogP contribution is -2.25. The van der Waals surface area contributed by atoms with Crippen molar-refractivity contribution in [1.29, 1.82) is 0 Å². The average molecular weight is 181 g/mol. The van der Waals surface area contributed by atoms with E-state index in [4.69, 9.17) is 0 Å². The van der Waals surface area contributed by atoms with Crippen molar-refractivity contribution in [3.05, 3.63) is 17.7 Å². The number of aromatic nitrogens is 2. The molecule has 0 amide bonds. The van der Waals surface area contributed by atoms with Crippen LogP contribution >= 0.6 is 0 Å². The Morgan fingerprint density at radius 3 is 2.92 bits per heavy atom. The summed E-state index contributed by atoms with van der Waals surface area (Å²) in [6, 6.07) is 0.591. The third-order valence-electron chi connectivity index (χ3n) is 2.12. The van der Waals surface area contributed by atoms with Gasteiger partial charge in [0.1, 0.15) is 5.82 Å². The highest BCUT2D eigenvalue weighted by Crippen LogP contribution is 1.99. The fraction of sp³-hybridized carbons (Fsp3) is 0.700. The highest BCUT2D eigenvalue weighted by atomic mass is 15.0. The van der Waals surface area contributed by atoms with Crippen molar-refractivity contribution in [2.45, 2.75) is 46.2 Å². The summed E-state index contributed by atoms with van der Waals surface area (Å²) in [6.07, 6.45) is 4.35. The van der Waals surface area contributed by atoms with Gasteiger partial charge in [-0.1, -0.05) is 13.3 Å². The molecule has 0 saturated heterocycles. The van der Waals surface area contributed by atoms with Crippen molar-refractivity contribution in [3.63, 3.8) is 0 Å². The number of H-pyrrole nitrogens is 1. The molecule has 0 fully saturated rings. The maximum atomic E-state index is 4.14. The minimum Gasteiger partial charge on any atom is -0.345 e. The van der Waals surface area contributed by atoms with Crippen LogP contribution in [0.25, 0.3) is 0 Å². The Morgan fingerprint density at radius 1 is 1.62 bits per heavy atom. The lowest BCUT2D eigenvalue weighted by molar-refractivity contribution is 0.505. The van der Waals surface area contributed by atoms with E-state index in [9.17, 15) is 0 Å². The fourth-order valence-corrected chi connectivity index (χ4v) is 1.38. The SMILES string of the molecule is CCCC(C)NCc1cnc(C)[nH]1. The topological polar surface area (TPSA) is 40.7 Å². The number of aryl methyl sites for hydroxylation is 1. The Kier molecular flexibility index (Phi) is 3.96. The molecule has 1 aromatic heterocycles. The number of aromatic amines is 1. The number of nitrogens with zero attached hydrogens (tertiary/aromatic N) is 1. The fourth-order valence-electron chi connectivity index (χ4n) is 1.38. The summed E-state index contributed by atoms with van der Waals surface area (Å²) < 4.78 is 0. The smallest absolute Gasteiger partial charge is 0.103 e. The van der Waals surface area contributed by atoms with Crippen LogP contribution in [0.15, 0.2) is 6.20 Å². The molecule has 0 aromatic carbocycles. The summed E-state index contributed by atoms with van der Waals surface area (Å²) in [5, 5.41) is 3.44. The van der Waals surface area contributed by atoms with Crippen LogP contribution in [0.2, 0.25) is 0 Å². The van der Waals surface area contributed by atoms with Crippen molar-refractivity contribution < 1.29 is 0 Å². The van der Waals surface area contributed by atoms with E-state index in [1.165, 1.54) is 18.5 Å². The summed E-state index contributed by atoms with van der Waals surface area (Å²) in [5.41, 5.74) is 1.17. The molecule has 0 spiro atoms. The van der Waals surface area contributed by atoms with Crippen LogP contribution in [0.5, 0.6) is 0 Å². The molecule has 1 atom stereocenters. The predicted molar refractivity (Wildman–Crippen MR) is 54.5 cm³/mol. The quantitative estimate of drug-likeness (QED) is 0.729. The van der Waals surface area contributed by atoms with Crippen LogP contribution in [0, 0.1) is 6.92 Å². The van der Waals surface area contributed by atoms with Crippen molar-refractivity contribution in [2.75, 3.05) is 0 Å². The van der Waals surface area contributed by atoms with Gasteiger partial charge in [0, 0.05) is 24.5 Å². The molecule has 1 aromatic rings. The zero-order valence-corrected chi connectivity index (χ0v) is 8.72. The van der Waals surface area contributed by atoms with Gasteiger partial charge in [0.15, 0.2) is 0 Å². The van der Waals surface area contributed by atoms with Gasteiger partial charge in [-0.05, 0) is 20.3 Å². The van der Waals surface area contributed by atoms with Crippen LogP contribution in [-0.2, 0) is 6.54 Å². The standard InChI is InChI=1S/C10H19N3/c1-4-5-8(2)11-6-10-7-12-9(3)13-10/h7-8,11H,4-6H2,1-3H3,(H,12,13). The van der Waals surface area contributed by atoms with Gasteiger partial charge in [-0.2, -0.15) is 0 Å². The minimum absolute atomic E-state index is 0.591. The third kappa shape index (κ3) is 3.59. The minimum atomic E-state index is 0.591. The first-order valence-corrected chi connectivity index (χ1v) is 4.96. The number of hydrogen-bond acceptors (Lipinski definition) is 2. The lowest BCUT2D eigenvalue weighted by atomic mass is 10.2. The van der Waals surface area contributed by atoms with Crippen molar-refractivity contribution in [3.8, 4) is 0 Å². The van der Waals surface area contributed by atoms with Gasteiger partial charge in [-0.25, -0.2) is 4.98 Å². The van der Waals surface area contributed by atoms with Crippen LogP contribution in [0.4, 0.5) is 0 Å². The number of hydrogen-bond donors (Lipinski definition) is 2. The van der Waals surface area contributed by atoms with E-state index in [0.29, 0.717) is 6.04 Å². The first-order valence-electron chi connectivity index (χ1n) is 4.96. The number of nitrogens with one attached hydrogen (secondary N) is 2. The van der Waals surface area contributed by atoms with Gasteiger partial charge in [-0.15, -0.1) is 0 Å². The molecule has 13 heavy (non-hydrogen) atoms. The number of imidazole rings is 1. The maximum Gasteiger partial charge on any atom is 0.103 e. The van der Waals surface area contributed by atoms with E-state index in [1.54, 1.807) is 0 Å². The lowest BCUT2D eigenvalue weighted by Gasteiger charge is -2.10. The van der Waals surface area contributed by atoms with Crippen molar-refractivity contribution >= 4 is 0 Å². The first kappa shape index (κ1) is 10.3. The van der Waals surface area contributed by atoms with Crippen molar-refractivity contribution in [1.82, 2.24) is 15.3 Å². The van der Waals surface area contributed by atoms with Crippen LogP contribution in [0.1, 0.15) is 38.2 Å². The van der Waals surface area contributed by atoms with E-state index in [0.717, 1.165) is 12.4 Å². The second-order valence-electron chi connectivity index (χ2n) is 3.56. The molecule has 0 aliphatic carbocycles. The molecule has 0 radical (unpaired) electrons. The molecule has 1 unspecified atom stereocenters. The van der Waals surface area contributed by atoms with E-state index < -0.39 is 0 Å². The molecule has 1 rings (SSSR count). The van der Waals surface area contributed by atoms with Gasteiger partial charge >= 0.3 is 0 Å². The van der Waals surface area contributed by atoms with Gasteiger partial charge in [0.25, 0.3) is 0 Å². The molecule has 3 heteroatoms. The zero-order valence-electron chi connectivity index (χ0n) is 8.72. The number of rotatable bonds is 5. The molecule has 0 aliphatic heterocycles. The van der Waals surface area contributed by atoms with E-state index in [2.05, 4.69) is 29.1 Å². The normalized spacial score (nSPS) is 13.2. The highest BCUT2D eigenvalue weighted by molar-refractivity contribution is 4.99. The summed E-state index contributed by atoms with van der Waals surface area (Å²) in [5.74, 6) is 0.986. The molecule has 74 valence electrons. The Morgan fingerprint density at radius 2 is 2.38 bits per heavy atom. The Hall–Kier alpha value is -0.830. The summed E-state index contributed by atoms with van der Waals surface area (Å²) in [7, 11) is 0. The molecule has 3 nitrogen and oxygen atoms in total. The van der Waals surface area contributed by atoms with Crippen molar-refractivity contribution in [2.24, 2.45) is 0 Å². The summed E-state index contributed by atoms with van der Waals surface area (Å²) >= 11 is 0. The Bertz CT molecular complexity index is 242. The van der Waals surface area contributed by atoms with Crippen LogP contribution in [0.3, 0.4) is 0 Å². The second-order valence-corrected chi connectivity index (χ2v) is 3.56. The Labute approximate surface area is 80.0 Å². The van der Waals surface area contributed by atoms with Gasteiger partial charge in [0.2, 0.25) is 0 Å². The molecular weight excluding hydrogens is 162 g/mol. The highest BCUT2D eigenvalue weighted by Gasteiger charge is 2.00. The van der Waals surface area contributed by atoms with Crippen LogP contribution < -0.4 is 5.32 Å². The molecular formula is C10H19N3. The molecule has 2 N–H and O–H groups in total. The van der Waals surface area contributed by atoms with E-state index in [-0.39, 0.29) is 0 Å². The maximum absolute atomic E-state index is 4.14. The molecule has 0 saturated carbocycles. The summed E-state index contributed by atoms with van der Waals surface area (Å²) in [4.78, 5) is 7.34. The molecule has 1 heterocycles. The average Bonchev–Trinajstić information content (AvgIpc) is 2.49. The van der Waals surface area contributed by atoms with Gasteiger partial charge in [-0.3, -0.25) is 0 Å². The Balaban J connectivity index is 2.26. The van der Waals surface area contributed by atoms with Gasteiger partial charge < -0.3 is 10.3 Å². The van der Waals surface area contributed by atoms with E-state index in [1.807, 2.05) is 13.1 Å². The zero-order chi connectivity index (χ0) is 9.68. The third-order valence-corrected chi connectivity index (χ3v) is 2.12. The molecule has 0 bridgehead atoms. The van der Waals surface area contributed by atoms with E-state index >= 15 is 0 Å². The van der Waals surface area contributed by atoms with Gasteiger partial charge in [0.05, 0.1) is 0 Å². The first-order chi connectivity index (χ1) is 6.22. The second kappa shape index (κ2) is 5.02. The largest absolute Gasteiger partial charge is 0.345 e.